The minimum atomic E-state index is -0.294. The van der Waals surface area contributed by atoms with Crippen LogP contribution in [0.2, 0.25) is 0 Å². The monoisotopic (exact) mass is 369 g/mol. The third-order valence-electron chi connectivity index (χ3n) is 4.24. The molecule has 6 nitrogen and oxygen atoms in total. The zero-order valence-electron chi connectivity index (χ0n) is 14.6. The number of ether oxygens (including phenoxy) is 3. The molecule has 7 heteroatoms. The van der Waals surface area contributed by atoms with E-state index in [0.717, 1.165) is 22.7 Å². The molecule has 3 aromatic rings. The highest BCUT2D eigenvalue weighted by atomic mass is 32.1. The fourth-order valence-corrected chi connectivity index (χ4v) is 3.18. The SMILES string of the molecule is Cc1ccccc1O[C@H](C)c1n[nH]c(=S)n1-c1ccc2c(c1)OCCO2. The van der Waals surface area contributed by atoms with Crippen molar-refractivity contribution < 1.29 is 14.2 Å². The topological polar surface area (TPSA) is 61.3 Å². The van der Waals surface area contributed by atoms with Crippen LogP contribution in [0.25, 0.3) is 5.69 Å². The average Bonchev–Trinajstić information content (AvgIpc) is 3.05. The minimum absolute atomic E-state index is 0.294. The number of hydrogen-bond donors (Lipinski definition) is 1. The van der Waals surface area contributed by atoms with Gasteiger partial charge < -0.3 is 14.2 Å². The second-order valence-corrected chi connectivity index (χ2v) is 6.46. The molecule has 0 fully saturated rings. The zero-order valence-corrected chi connectivity index (χ0v) is 15.4. The number of nitrogens with one attached hydrogen (secondary N) is 1. The molecule has 0 amide bonds. The summed E-state index contributed by atoms with van der Waals surface area (Å²) in [4.78, 5) is 0. The molecule has 0 spiro atoms. The predicted molar refractivity (Wildman–Crippen MR) is 100.0 cm³/mol. The number of H-pyrrole nitrogens is 1. The number of fused-ring (bicyclic) bond motifs is 1. The van der Waals surface area contributed by atoms with Crippen molar-refractivity contribution in [1.82, 2.24) is 14.8 Å². The van der Waals surface area contributed by atoms with Crippen LogP contribution in [0.1, 0.15) is 24.4 Å². The molecule has 2 aromatic carbocycles. The lowest BCUT2D eigenvalue weighted by molar-refractivity contribution is 0.171. The molecule has 0 saturated carbocycles. The van der Waals surface area contributed by atoms with E-state index in [9.17, 15) is 0 Å². The Hall–Kier alpha value is -2.80. The van der Waals surface area contributed by atoms with Crippen molar-refractivity contribution in [2.75, 3.05) is 13.2 Å². The van der Waals surface area contributed by atoms with Crippen LogP contribution in [0.15, 0.2) is 42.5 Å². The Labute approximate surface area is 156 Å². The van der Waals surface area contributed by atoms with Crippen LogP contribution in [-0.4, -0.2) is 28.0 Å². The lowest BCUT2D eigenvalue weighted by atomic mass is 10.2. The van der Waals surface area contributed by atoms with Crippen LogP contribution in [0.5, 0.6) is 17.2 Å². The largest absolute Gasteiger partial charge is 0.486 e. The van der Waals surface area contributed by atoms with E-state index in [0.29, 0.717) is 29.6 Å². The van der Waals surface area contributed by atoms with Crippen molar-refractivity contribution >= 4 is 12.2 Å². The van der Waals surface area contributed by atoms with Crippen molar-refractivity contribution in [2.24, 2.45) is 0 Å². The smallest absolute Gasteiger partial charge is 0.199 e. The molecule has 134 valence electrons. The molecule has 26 heavy (non-hydrogen) atoms. The van der Waals surface area contributed by atoms with Gasteiger partial charge in [0, 0.05) is 6.07 Å². The maximum Gasteiger partial charge on any atom is 0.199 e. The van der Waals surface area contributed by atoms with Gasteiger partial charge in [0.1, 0.15) is 19.0 Å². The summed E-state index contributed by atoms with van der Waals surface area (Å²) < 4.78 is 19.7. The van der Waals surface area contributed by atoms with Gasteiger partial charge in [-0.1, -0.05) is 18.2 Å². The maximum absolute atomic E-state index is 6.11. The first-order valence-electron chi connectivity index (χ1n) is 8.43. The summed E-state index contributed by atoms with van der Waals surface area (Å²) in [5.74, 6) is 2.95. The number of rotatable bonds is 4. The third-order valence-corrected chi connectivity index (χ3v) is 4.52. The summed E-state index contributed by atoms with van der Waals surface area (Å²) in [5, 5.41) is 7.24. The van der Waals surface area contributed by atoms with E-state index in [-0.39, 0.29) is 6.10 Å². The first-order valence-corrected chi connectivity index (χ1v) is 8.84. The molecule has 1 aliphatic heterocycles. The van der Waals surface area contributed by atoms with Gasteiger partial charge in [0.15, 0.2) is 28.2 Å². The summed E-state index contributed by atoms with van der Waals surface area (Å²) in [6, 6.07) is 13.6. The van der Waals surface area contributed by atoms with Crippen molar-refractivity contribution in [3.05, 3.63) is 58.6 Å². The first-order chi connectivity index (χ1) is 12.6. The molecule has 4 rings (SSSR count). The van der Waals surface area contributed by atoms with Crippen LogP contribution in [0.3, 0.4) is 0 Å². The van der Waals surface area contributed by atoms with Gasteiger partial charge >= 0.3 is 0 Å². The normalized spacial score (nSPS) is 14.1. The van der Waals surface area contributed by atoms with Crippen LogP contribution in [0, 0.1) is 11.7 Å². The van der Waals surface area contributed by atoms with Crippen molar-refractivity contribution in [2.45, 2.75) is 20.0 Å². The molecule has 0 saturated heterocycles. The maximum atomic E-state index is 6.11. The Bertz CT molecular complexity index is 996. The van der Waals surface area contributed by atoms with E-state index < -0.39 is 0 Å². The Morgan fingerprint density at radius 2 is 1.92 bits per heavy atom. The number of para-hydroxylation sites is 1. The molecule has 0 bridgehead atoms. The highest BCUT2D eigenvalue weighted by molar-refractivity contribution is 7.71. The van der Waals surface area contributed by atoms with E-state index >= 15 is 0 Å². The molecule has 2 heterocycles. The van der Waals surface area contributed by atoms with E-state index in [4.69, 9.17) is 26.4 Å². The molecule has 0 unspecified atom stereocenters. The van der Waals surface area contributed by atoms with Crippen LogP contribution in [-0.2, 0) is 0 Å². The van der Waals surface area contributed by atoms with E-state index in [1.807, 2.05) is 60.9 Å². The number of aromatic amines is 1. The van der Waals surface area contributed by atoms with Gasteiger partial charge in [-0.05, 0) is 49.8 Å². The number of aromatic nitrogens is 3. The Morgan fingerprint density at radius 1 is 1.15 bits per heavy atom. The molecule has 1 aliphatic rings. The second kappa shape index (κ2) is 6.84. The lowest BCUT2D eigenvalue weighted by Gasteiger charge is -2.20. The van der Waals surface area contributed by atoms with Crippen molar-refractivity contribution in [3.63, 3.8) is 0 Å². The lowest BCUT2D eigenvalue weighted by Crippen LogP contribution is -2.16. The van der Waals surface area contributed by atoms with E-state index in [1.54, 1.807) is 0 Å². The molecule has 1 atom stereocenters. The van der Waals surface area contributed by atoms with Crippen molar-refractivity contribution in [1.29, 1.82) is 0 Å². The fourth-order valence-electron chi connectivity index (χ4n) is 2.93. The Balaban J connectivity index is 1.69. The summed E-state index contributed by atoms with van der Waals surface area (Å²) in [5.41, 5.74) is 1.92. The summed E-state index contributed by atoms with van der Waals surface area (Å²) >= 11 is 5.44. The first kappa shape index (κ1) is 16.7. The molecular weight excluding hydrogens is 350 g/mol. The van der Waals surface area contributed by atoms with Gasteiger partial charge in [-0.2, -0.15) is 5.10 Å². The van der Waals surface area contributed by atoms with E-state index in [1.165, 1.54) is 0 Å². The zero-order chi connectivity index (χ0) is 18.1. The molecule has 1 N–H and O–H groups in total. The molecule has 1 aromatic heterocycles. The minimum Gasteiger partial charge on any atom is -0.486 e. The Morgan fingerprint density at radius 3 is 2.73 bits per heavy atom. The van der Waals surface area contributed by atoms with Gasteiger partial charge in [0.2, 0.25) is 0 Å². The molecule has 0 aliphatic carbocycles. The average molecular weight is 369 g/mol. The van der Waals surface area contributed by atoms with E-state index in [2.05, 4.69) is 10.2 Å². The van der Waals surface area contributed by atoms with Gasteiger partial charge in [-0.25, -0.2) is 0 Å². The highest BCUT2D eigenvalue weighted by Gasteiger charge is 2.20. The standard InChI is InChI=1S/C19H19N3O3S/c1-12-5-3-4-6-15(12)25-13(2)18-20-21-19(26)22(18)14-7-8-16-17(11-14)24-10-9-23-16/h3-8,11,13H,9-10H2,1-2H3,(H,21,26)/t13-/m1/s1. The highest BCUT2D eigenvalue weighted by Crippen LogP contribution is 2.33. The third kappa shape index (κ3) is 3.06. The number of hydrogen-bond acceptors (Lipinski definition) is 5. The van der Waals surface area contributed by atoms with Gasteiger partial charge in [-0.15, -0.1) is 0 Å². The summed E-state index contributed by atoms with van der Waals surface area (Å²) in [6.07, 6.45) is -0.294. The van der Waals surface area contributed by atoms with Gasteiger partial charge in [0.25, 0.3) is 0 Å². The van der Waals surface area contributed by atoms with Crippen LogP contribution < -0.4 is 14.2 Å². The van der Waals surface area contributed by atoms with Gasteiger partial charge in [-0.3, -0.25) is 9.67 Å². The second-order valence-electron chi connectivity index (χ2n) is 6.08. The number of benzene rings is 2. The fraction of sp³-hybridized carbons (Fsp3) is 0.263. The molecular formula is C19H19N3O3S. The molecule has 0 radical (unpaired) electrons. The number of aryl methyl sites for hydroxylation is 1. The summed E-state index contributed by atoms with van der Waals surface area (Å²) in [7, 11) is 0. The van der Waals surface area contributed by atoms with Crippen LogP contribution in [0.4, 0.5) is 0 Å². The van der Waals surface area contributed by atoms with Crippen LogP contribution >= 0.6 is 12.2 Å². The Kier molecular flexibility index (Phi) is 4.38. The predicted octanol–water partition coefficient (Wildman–Crippen LogP) is 4.15. The number of nitrogens with zero attached hydrogens (tertiary/aromatic N) is 2. The summed E-state index contributed by atoms with van der Waals surface area (Å²) in [6.45, 7) is 5.06. The van der Waals surface area contributed by atoms with Crippen molar-refractivity contribution in [3.8, 4) is 22.9 Å². The van der Waals surface area contributed by atoms with Gasteiger partial charge in [0.05, 0.1) is 5.69 Å². The quantitative estimate of drug-likeness (QED) is 0.700.